The van der Waals surface area contributed by atoms with Gasteiger partial charge < -0.3 is 20.3 Å². The number of nitrogens with one attached hydrogen (secondary N) is 2. The van der Waals surface area contributed by atoms with Crippen molar-refractivity contribution in [1.29, 1.82) is 0 Å². The molecule has 1 aromatic heterocycles. The van der Waals surface area contributed by atoms with E-state index in [1.165, 1.54) is 5.69 Å². The molecule has 0 radical (unpaired) electrons. The van der Waals surface area contributed by atoms with Crippen LogP contribution in [-0.4, -0.2) is 65.6 Å². The number of nitrogens with zero attached hydrogens (tertiary/aromatic N) is 4. The number of carbonyl (C=O) groups is 1. The Balaban J connectivity index is 2.38. The average Bonchev–Trinajstić information content (AvgIpc) is 2.87. The number of carbonyl (C=O) groups excluding carboxylic acids is 1. The zero-order chi connectivity index (χ0) is 20.4. The van der Waals surface area contributed by atoms with Gasteiger partial charge in [-0.15, -0.1) is 0 Å². The van der Waals surface area contributed by atoms with E-state index in [0.29, 0.717) is 19.6 Å². The van der Waals surface area contributed by atoms with Gasteiger partial charge >= 0.3 is 6.09 Å². The SMILES string of the molecule is CCNC(=NCCCn1nc(C)cc1C)NCCN(C)C(=O)OC(C)(C)C. The van der Waals surface area contributed by atoms with Crippen LogP contribution in [0, 0.1) is 13.8 Å². The Labute approximate surface area is 163 Å². The maximum Gasteiger partial charge on any atom is 0.410 e. The number of hydrogen-bond acceptors (Lipinski definition) is 4. The zero-order valence-corrected chi connectivity index (χ0v) is 17.9. The minimum absolute atomic E-state index is 0.323. The van der Waals surface area contributed by atoms with Gasteiger partial charge in [0.15, 0.2) is 5.96 Å². The average molecular weight is 381 g/mol. The predicted octanol–water partition coefficient (Wildman–Crippen LogP) is 2.31. The Morgan fingerprint density at radius 1 is 1.33 bits per heavy atom. The molecule has 2 N–H and O–H groups in total. The molecule has 8 nitrogen and oxygen atoms in total. The fourth-order valence-corrected chi connectivity index (χ4v) is 2.43. The van der Waals surface area contributed by atoms with E-state index in [2.05, 4.69) is 33.7 Å². The fourth-order valence-electron chi connectivity index (χ4n) is 2.43. The summed E-state index contributed by atoms with van der Waals surface area (Å²) in [6.07, 6.45) is 0.590. The first kappa shape index (κ1) is 22.8. The molecular formula is C19H36N6O2. The number of guanidine groups is 1. The van der Waals surface area contributed by atoms with Crippen LogP contribution in [0.25, 0.3) is 0 Å². The Morgan fingerprint density at radius 2 is 2.04 bits per heavy atom. The van der Waals surface area contributed by atoms with E-state index in [4.69, 9.17) is 4.74 Å². The van der Waals surface area contributed by atoms with Crippen LogP contribution < -0.4 is 10.6 Å². The van der Waals surface area contributed by atoms with Crippen molar-refractivity contribution in [3.05, 3.63) is 17.5 Å². The lowest BCUT2D eigenvalue weighted by atomic mass is 10.2. The van der Waals surface area contributed by atoms with Gasteiger partial charge in [-0.2, -0.15) is 5.10 Å². The second-order valence-electron chi connectivity index (χ2n) is 7.59. The summed E-state index contributed by atoms with van der Waals surface area (Å²) in [7, 11) is 1.73. The number of amides is 1. The van der Waals surface area contributed by atoms with E-state index < -0.39 is 5.60 Å². The van der Waals surface area contributed by atoms with Crippen molar-refractivity contribution in [2.75, 3.05) is 33.2 Å². The lowest BCUT2D eigenvalue weighted by Crippen LogP contribution is -2.43. The van der Waals surface area contributed by atoms with E-state index in [1.807, 2.05) is 39.3 Å². The van der Waals surface area contributed by atoms with Gasteiger partial charge in [-0.3, -0.25) is 9.67 Å². The van der Waals surface area contributed by atoms with Gasteiger partial charge in [0.2, 0.25) is 0 Å². The first-order chi connectivity index (χ1) is 12.6. The summed E-state index contributed by atoms with van der Waals surface area (Å²) >= 11 is 0. The van der Waals surface area contributed by atoms with Crippen molar-refractivity contribution in [3.63, 3.8) is 0 Å². The standard InChI is InChI=1S/C19H36N6O2/c1-8-20-17(21-10-9-12-25-16(3)14-15(2)23-25)22-11-13-24(7)18(26)27-19(4,5)6/h14H,8-13H2,1-7H3,(H2,20,21,22). The highest BCUT2D eigenvalue weighted by molar-refractivity contribution is 5.79. The minimum Gasteiger partial charge on any atom is -0.444 e. The number of ether oxygens (including phenoxy) is 1. The summed E-state index contributed by atoms with van der Waals surface area (Å²) in [6.45, 7) is 15.1. The molecule has 1 amide bonds. The summed E-state index contributed by atoms with van der Waals surface area (Å²) < 4.78 is 7.36. The number of likely N-dealkylation sites (N-methyl/N-ethyl adjacent to an activating group) is 1. The summed E-state index contributed by atoms with van der Waals surface area (Å²) in [5.74, 6) is 0.753. The molecule has 0 spiro atoms. The van der Waals surface area contributed by atoms with Gasteiger partial charge in [0.05, 0.1) is 5.69 Å². The van der Waals surface area contributed by atoms with E-state index >= 15 is 0 Å². The van der Waals surface area contributed by atoms with E-state index in [1.54, 1.807) is 11.9 Å². The number of aromatic nitrogens is 2. The third kappa shape index (κ3) is 9.30. The minimum atomic E-state index is -0.485. The first-order valence-electron chi connectivity index (χ1n) is 9.59. The molecule has 0 saturated carbocycles. The van der Waals surface area contributed by atoms with Crippen molar-refractivity contribution < 1.29 is 9.53 Å². The molecule has 1 aromatic rings. The lowest BCUT2D eigenvalue weighted by molar-refractivity contribution is 0.0302. The summed E-state index contributed by atoms with van der Waals surface area (Å²) in [4.78, 5) is 18.1. The maximum absolute atomic E-state index is 12.0. The normalized spacial score (nSPS) is 12.0. The van der Waals surface area contributed by atoms with Crippen LogP contribution in [0.3, 0.4) is 0 Å². The van der Waals surface area contributed by atoms with Crippen LogP contribution >= 0.6 is 0 Å². The van der Waals surface area contributed by atoms with Crippen LogP contribution in [0.5, 0.6) is 0 Å². The molecular weight excluding hydrogens is 344 g/mol. The van der Waals surface area contributed by atoms with Crippen LogP contribution in [0.1, 0.15) is 45.5 Å². The van der Waals surface area contributed by atoms with Gasteiger partial charge in [-0.25, -0.2) is 4.79 Å². The zero-order valence-electron chi connectivity index (χ0n) is 17.9. The first-order valence-corrected chi connectivity index (χ1v) is 9.59. The van der Waals surface area contributed by atoms with Gasteiger partial charge in [0.1, 0.15) is 5.60 Å². The smallest absolute Gasteiger partial charge is 0.410 e. The molecule has 1 heterocycles. The second-order valence-corrected chi connectivity index (χ2v) is 7.59. The number of hydrogen-bond donors (Lipinski definition) is 2. The van der Waals surface area contributed by atoms with Crippen molar-refractivity contribution in [2.24, 2.45) is 4.99 Å². The van der Waals surface area contributed by atoms with Gasteiger partial charge in [0.25, 0.3) is 0 Å². The molecule has 0 fully saturated rings. The number of rotatable bonds is 8. The van der Waals surface area contributed by atoms with Crippen molar-refractivity contribution in [2.45, 2.75) is 60.1 Å². The third-order valence-corrected chi connectivity index (χ3v) is 3.69. The molecule has 0 aliphatic heterocycles. The summed E-state index contributed by atoms with van der Waals surface area (Å²) in [6, 6.07) is 2.08. The fraction of sp³-hybridized carbons (Fsp3) is 0.737. The molecule has 0 unspecified atom stereocenters. The molecule has 0 bridgehead atoms. The van der Waals surface area contributed by atoms with Crippen LogP contribution in [0.4, 0.5) is 4.79 Å². The summed E-state index contributed by atoms with van der Waals surface area (Å²) in [5, 5.41) is 10.9. The highest BCUT2D eigenvalue weighted by Gasteiger charge is 2.19. The molecule has 1 rings (SSSR count). The monoisotopic (exact) mass is 380 g/mol. The summed E-state index contributed by atoms with van der Waals surface area (Å²) in [5.41, 5.74) is 1.73. The molecule has 0 aromatic carbocycles. The van der Waals surface area contributed by atoms with Crippen molar-refractivity contribution in [1.82, 2.24) is 25.3 Å². The Bertz CT molecular complexity index is 618. The van der Waals surface area contributed by atoms with Crippen LogP contribution in [0.2, 0.25) is 0 Å². The van der Waals surface area contributed by atoms with Crippen LogP contribution in [0.15, 0.2) is 11.1 Å². The molecule has 0 aliphatic carbocycles. The Hall–Kier alpha value is -2.25. The second kappa shape index (κ2) is 10.8. The molecule has 154 valence electrons. The van der Waals surface area contributed by atoms with Gasteiger partial charge in [0, 0.05) is 45.5 Å². The lowest BCUT2D eigenvalue weighted by Gasteiger charge is -2.24. The third-order valence-electron chi connectivity index (χ3n) is 3.69. The molecule has 8 heteroatoms. The van der Waals surface area contributed by atoms with Crippen molar-refractivity contribution in [3.8, 4) is 0 Å². The largest absolute Gasteiger partial charge is 0.444 e. The van der Waals surface area contributed by atoms with Crippen molar-refractivity contribution >= 4 is 12.1 Å². The predicted molar refractivity (Wildman–Crippen MR) is 109 cm³/mol. The number of aliphatic imine (C=N–C) groups is 1. The number of aryl methyl sites for hydroxylation is 3. The van der Waals surface area contributed by atoms with Gasteiger partial charge in [-0.1, -0.05) is 0 Å². The maximum atomic E-state index is 12.0. The topological polar surface area (TPSA) is 83.8 Å². The highest BCUT2D eigenvalue weighted by Crippen LogP contribution is 2.08. The Kier molecular flexibility index (Phi) is 9.11. The van der Waals surface area contributed by atoms with E-state index in [0.717, 1.165) is 31.2 Å². The molecule has 0 atom stereocenters. The Morgan fingerprint density at radius 3 is 2.59 bits per heavy atom. The highest BCUT2D eigenvalue weighted by atomic mass is 16.6. The molecule has 0 saturated heterocycles. The van der Waals surface area contributed by atoms with Gasteiger partial charge in [-0.05, 0) is 54.0 Å². The molecule has 27 heavy (non-hydrogen) atoms. The van der Waals surface area contributed by atoms with Crippen LogP contribution in [-0.2, 0) is 11.3 Å². The van der Waals surface area contributed by atoms with E-state index in [9.17, 15) is 4.79 Å². The van der Waals surface area contributed by atoms with E-state index in [-0.39, 0.29) is 6.09 Å². The quantitative estimate of drug-likeness (QED) is 0.411. The molecule has 0 aliphatic rings.